The molecule has 1 aliphatic rings. The summed E-state index contributed by atoms with van der Waals surface area (Å²) in [5.74, 6) is 0.404. The van der Waals surface area contributed by atoms with Gasteiger partial charge in [0.25, 0.3) is 5.69 Å². The number of hydrogen-bond acceptors (Lipinski definition) is 4. The zero-order valence-electron chi connectivity index (χ0n) is 17.1. The van der Waals surface area contributed by atoms with Crippen LogP contribution >= 0.6 is 0 Å². The van der Waals surface area contributed by atoms with Crippen molar-refractivity contribution >= 4 is 13.8 Å². The first-order chi connectivity index (χ1) is 11.9. The van der Waals surface area contributed by atoms with Gasteiger partial charge >= 0.3 is 0 Å². The average molecular weight is 380 g/mol. The van der Waals surface area contributed by atoms with Crippen LogP contribution in [0.15, 0.2) is 24.3 Å². The lowest BCUT2D eigenvalue weighted by atomic mass is 9.99. The summed E-state index contributed by atoms with van der Waals surface area (Å²) in [6.45, 7) is 16.2. The normalized spacial score (nSPS) is 24.7. The van der Waals surface area contributed by atoms with Crippen molar-refractivity contribution in [3.05, 3.63) is 39.9 Å². The minimum atomic E-state index is -1.48. The van der Waals surface area contributed by atoms with E-state index in [4.69, 9.17) is 9.47 Å². The fourth-order valence-electron chi connectivity index (χ4n) is 3.08. The van der Waals surface area contributed by atoms with Gasteiger partial charge in [0.05, 0.1) is 25.2 Å². The van der Waals surface area contributed by atoms with Crippen molar-refractivity contribution in [2.24, 2.45) is 5.92 Å². The highest BCUT2D eigenvalue weighted by molar-refractivity contribution is 6.80. The van der Waals surface area contributed by atoms with E-state index in [0.29, 0.717) is 11.0 Å². The Bertz CT molecular complexity index is 622. The van der Waals surface area contributed by atoms with Gasteiger partial charge < -0.3 is 9.47 Å². The molecule has 6 heteroatoms. The Labute approximate surface area is 158 Å². The number of ether oxygens (including phenoxy) is 2. The molecule has 0 radical (unpaired) electrons. The first kappa shape index (κ1) is 21.1. The van der Waals surface area contributed by atoms with Gasteiger partial charge in [-0.1, -0.05) is 47.7 Å². The van der Waals surface area contributed by atoms with Gasteiger partial charge in [-0.2, -0.15) is 0 Å². The summed E-state index contributed by atoms with van der Waals surface area (Å²) in [4.78, 5) is 10.5. The molecule has 0 aromatic heterocycles. The van der Waals surface area contributed by atoms with Crippen molar-refractivity contribution < 1.29 is 14.4 Å². The van der Waals surface area contributed by atoms with Crippen molar-refractivity contribution in [1.82, 2.24) is 0 Å². The summed E-state index contributed by atoms with van der Waals surface area (Å²) in [6.07, 6.45) is 0.760. The highest BCUT2D eigenvalue weighted by Crippen LogP contribution is 2.43. The minimum Gasteiger partial charge on any atom is -0.345 e. The van der Waals surface area contributed by atoms with Crippen molar-refractivity contribution in [1.29, 1.82) is 0 Å². The molecule has 146 valence electrons. The third kappa shape index (κ3) is 4.93. The van der Waals surface area contributed by atoms with Gasteiger partial charge in [-0.25, -0.2) is 0 Å². The predicted octanol–water partition coefficient (Wildman–Crippen LogP) is 5.93. The molecule has 1 saturated heterocycles. The van der Waals surface area contributed by atoms with Crippen LogP contribution in [0.1, 0.15) is 52.9 Å². The van der Waals surface area contributed by atoms with Crippen LogP contribution in [0.4, 0.5) is 5.69 Å². The summed E-state index contributed by atoms with van der Waals surface area (Å²) in [5, 5.41) is 11.2. The van der Waals surface area contributed by atoms with Gasteiger partial charge in [0.1, 0.15) is 0 Å². The van der Waals surface area contributed by atoms with Crippen LogP contribution < -0.4 is 0 Å². The summed E-state index contributed by atoms with van der Waals surface area (Å²) < 4.78 is 12.5. The van der Waals surface area contributed by atoms with E-state index in [1.165, 1.54) is 12.1 Å². The molecule has 1 aliphatic heterocycles. The summed E-state index contributed by atoms with van der Waals surface area (Å²) in [5.41, 5.74) is 0.934. The number of rotatable bonds is 5. The second-order valence-electron chi connectivity index (χ2n) is 9.43. The lowest BCUT2D eigenvalue weighted by Gasteiger charge is -2.44. The van der Waals surface area contributed by atoms with Crippen LogP contribution in [0.3, 0.4) is 0 Å². The zero-order chi connectivity index (χ0) is 19.7. The topological polar surface area (TPSA) is 61.6 Å². The molecule has 0 saturated carbocycles. The minimum absolute atomic E-state index is 0.0859. The van der Waals surface area contributed by atoms with Crippen molar-refractivity contribution in [2.45, 2.75) is 83.7 Å². The molecular formula is C20H33NO4Si. The van der Waals surface area contributed by atoms with Crippen LogP contribution in [0.5, 0.6) is 0 Å². The fourth-order valence-corrected chi connectivity index (χ4v) is 5.10. The molecule has 1 heterocycles. The molecular weight excluding hydrogens is 346 g/mol. The van der Waals surface area contributed by atoms with Gasteiger partial charge in [-0.05, 0) is 35.6 Å². The molecule has 1 aromatic carbocycles. The molecule has 2 rings (SSSR count). The van der Waals surface area contributed by atoms with E-state index in [1.807, 2.05) is 0 Å². The Hall–Kier alpha value is -1.24. The molecule has 3 unspecified atom stereocenters. The first-order valence-corrected chi connectivity index (χ1v) is 12.7. The van der Waals surface area contributed by atoms with Crippen molar-refractivity contribution in [2.75, 3.05) is 0 Å². The summed E-state index contributed by atoms with van der Waals surface area (Å²) in [6, 6.07) is 7.62. The van der Waals surface area contributed by atoms with E-state index in [2.05, 4.69) is 47.7 Å². The monoisotopic (exact) mass is 379 g/mol. The van der Waals surface area contributed by atoms with E-state index in [0.717, 1.165) is 18.0 Å². The highest BCUT2D eigenvalue weighted by atomic mass is 28.3. The fraction of sp³-hybridized carbons (Fsp3) is 0.700. The second-order valence-corrected chi connectivity index (χ2v) is 15.1. The van der Waals surface area contributed by atoms with Gasteiger partial charge in [-0.15, -0.1) is 0 Å². The molecule has 26 heavy (non-hydrogen) atoms. The van der Waals surface area contributed by atoms with Gasteiger partial charge in [-0.3, -0.25) is 10.1 Å². The third-order valence-corrected chi connectivity index (χ3v) is 11.5. The lowest BCUT2D eigenvalue weighted by Crippen LogP contribution is -2.45. The maximum absolute atomic E-state index is 10.9. The quantitative estimate of drug-likeness (QED) is 0.361. The third-order valence-electron chi connectivity index (χ3n) is 6.00. The molecule has 0 aliphatic carbocycles. The molecule has 1 aromatic rings. The van der Waals surface area contributed by atoms with Gasteiger partial charge in [0.2, 0.25) is 0 Å². The molecule has 3 atom stereocenters. The summed E-state index contributed by atoms with van der Waals surface area (Å²) >= 11 is 0. The molecule has 0 N–H and O–H groups in total. The predicted molar refractivity (Wildman–Crippen MR) is 107 cm³/mol. The van der Waals surface area contributed by atoms with Crippen molar-refractivity contribution in [3.8, 4) is 0 Å². The van der Waals surface area contributed by atoms with Gasteiger partial charge in [0.15, 0.2) is 6.29 Å². The number of non-ortho nitro benzene ring substituents is 1. The Balaban J connectivity index is 2.20. The smallest absolute Gasteiger partial charge is 0.269 e. The number of hydrogen-bond donors (Lipinski definition) is 0. The van der Waals surface area contributed by atoms with Crippen molar-refractivity contribution in [3.63, 3.8) is 0 Å². The van der Waals surface area contributed by atoms with Crippen LogP contribution in [0, 0.1) is 16.0 Å². The Morgan fingerprint density at radius 3 is 2.23 bits per heavy atom. The Morgan fingerprint density at radius 2 is 1.77 bits per heavy atom. The van der Waals surface area contributed by atoms with Gasteiger partial charge in [0, 0.05) is 17.7 Å². The standard InChI is InChI=1S/C20H33NO4Si/c1-14(2)18-12-17(13-26(6,7)20(3,4)5)24-19(25-18)15-8-10-16(11-9-15)21(22)23/h8-11,14,17-19H,12-13H2,1-7H3. The van der Waals surface area contributed by atoms with Crippen LogP contribution in [0.2, 0.25) is 24.2 Å². The number of nitro groups is 1. The lowest BCUT2D eigenvalue weighted by molar-refractivity contribution is -0.384. The Kier molecular flexibility index (Phi) is 6.31. The SMILES string of the molecule is CC(C)C1CC(C[Si](C)(C)C(C)(C)C)OC(c2ccc([N+](=O)[O-])cc2)O1. The van der Waals surface area contributed by atoms with Crippen LogP contribution in [-0.2, 0) is 9.47 Å². The Morgan fingerprint density at radius 1 is 1.19 bits per heavy atom. The number of nitrogens with zero attached hydrogens (tertiary/aromatic N) is 1. The summed E-state index contributed by atoms with van der Waals surface area (Å²) in [7, 11) is -1.48. The van der Waals surface area contributed by atoms with Crippen LogP contribution in [0.25, 0.3) is 0 Å². The van der Waals surface area contributed by atoms with Crippen LogP contribution in [-0.4, -0.2) is 25.2 Å². The zero-order valence-corrected chi connectivity index (χ0v) is 18.1. The number of benzene rings is 1. The molecule has 5 nitrogen and oxygen atoms in total. The average Bonchev–Trinajstić information content (AvgIpc) is 2.53. The maximum Gasteiger partial charge on any atom is 0.269 e. The highest BCUT2D eigenvalue weighted by Gasteiger charge is 2.41. The maximum atomic E-state index is 10.9. The molecule has 0 amide bonds. The molecule has 1 fully saturated rings. The van der Waals surface area contributed by atoms with E-state index in [9.17, 15) is 10.1 Å². The first-order valence-electron chi connectivity index (χ1n) is 9.46. The van der Waals surface area contributed by atoms with E-state index in [-0.39, 0.29) is 22.8 Å². The molecule has 0 spiro atoms. The van der Waals surface area contributed by atoms with E-state index in [1.54, 1.807) is 12.1 Å². The largest absolute Gasteiger partial charge is 0.345 e. The molecule has 0 bridgehead atoms. The number of nitro benzene ring substituents is 1. The van der Waals surface area contributed by atoms with E-state index < -0.39 is 14.4 Å². The second kappa shape index (κ2) is 7.78. The van der Waals surface area contributed by atoms with E-state index >= 15 is 0 Å².